The number of nitrogens with one attached hydrogen (secondary N) is 2. The highest BCUT2D eigenvalue weighted by molar-refractivity contribution is 7.10. The molecule has 6 heteroatoms. The Morgan fingerprint density at radius 1 is 1.53 bits per heavy atom. The van der Waals surface area contributed by atoms with Crippen molar-refractivity contribution in [1.29, 1.82) is 0 Å². The minimum atomic E-state index is -0.204. The molecule has 0 atom stereocenters. The standard InChI is InChI=1S/C13H17N3O2S/c1-13(2,10-4-3-7-19-10)8-14-12(18)9-5-6-11(17)16-15-9/h3-4,7H,5-6,8H2,1-2H3,(H,14,18)(H,16,17). The van der Waals surface area contributed by atoms with Gasteiger partial charge in [-0.2, -0.15) is 5.10 Å². The third-order valence-electron chi connectivity index (χ3n) is 3.05. The Kier molecular flexibility index (Phi) is 3.99. The fourth-order valence-corrected chi connectivity index (χ4v) is 2.64. The Morgan fingerprint density at radius 2 is 2.32 bits per heavy atom. The third kappa shape index (κ3) is 3.41. The van der Waals surface area contributed by atoms with Crippen LogP contribution in [0.4, 0.5) is 0 Å². The summed E-state index contributed by atoms with van der Waals surface area (Å²) < 4.78 is 0. The van der Waals surface area contributed by atoms with Crippen LogP contribution in [0.2, 0.25) is 0 Å². The summed E-state index contributed by atoms with van der Waals surface area (Å²) in [5.74, 6) is -0.347. The Morgan fingerprint density at radius 3 is 2.89 bits per heavy atom. The molecule has 0 bridgehead atoms. The summed E-state index contributed by atoms with van der Waals surface area (Å²) in [6.45, 7) is 4.71. The molecule has 2 amide bonds. The Bertz CT molecular complexity index is 506. The van der Waals surface area contributed by atoms with Crippen LogP contribution in [0.1, 0.15) is 31.6 Å². The lowest BCUT2D eigenvalue weighted by atomic mass is 9.91. The molecular weight excluding hydrogens is 262 g/mol. The quantitative estimate of drug-likeness (QED) is 0.874. The van der Waals surface area contributed by atoms with Crippen molar-refractivity contribution in [2.45, 2.75) is 32.1 Å². The minimum absolute atomic E-state index is 0.109. The van der Waals surface area contributed by atoms with Gasteiger partial charge in [-0.05, 0) is 11.4 Å². The first kappa shape index (κ1) is 13.7. The highest BCUT2D eigenvalue weighted by atomic mass is 32.1. The van der Waals surface area contributed by atoms with Crippen molar-refractivity contribution in [2.75, 3.05) is 6.54 Å². The maximum absolute atomic E-state index is 11.9. The smallest absolute Gasteiger partial charge is 0.267 e. The van der Waals surface area contributed by atoms with Gasteiger partial charge in [-0.3, -0.25) is 9.59 Å². The van der Waals surface area contributed by atoms with Crippen molar-refractivity contribution in [2.24, 2.45) is 5.10 Å². The number of rotatable bonds is 4. The van der Waals surface area contributed by atoms with Crippen molar-refractivity contribution in [3.8, 4) is 0 Å². The SMILES string of the molecule is CC(C)(CNC(=O)C1=NNC(=O)CC1)c1cccs1. The highest BCUT2D eigenvalue weighted by Crippen LogP contribution is 2.26. The molecule has 2 rings (SSSR count). The predicted molar refractivity (Wildman–Crippen MR) is 75.2 cm³/mol. The van der Waals surface area contributed by atoms with Crippen LogP contribution in [-0.2, 0) is 15.0 Å². The fraction of sp³-hybridized carbons (Fsp3) is 0.462. The number of carbonyl (C=O) groups is 2. The molecule has 1 aromatic heterocycles. The van der Waals surface area contributed by atoms with E-state index in [-0.39, 0.29) is 17.2 Å². The van der Waals surface area contributed by atoms with Crippen LogP contribution in [0.25, 0.3) is 0 Å². The Hall–Kier alpha value is -1.69. The second kappa shape index (κ2) is 5.52. The van der Waals surface area contributed by atoms with E-state index in [1.165, 1.54) is 4.88 Å². The molecule has 0 fully saturated rings. The van der Waals surface area contributed by atoms with Gasteiger partial charge in [0.05, 0.1) is 0 Å². The summed E-state index contributed by atoms with van der Waals surface area (Å²) in [5, 5.41) is 8.69. The molecule has 0 aliphatic carbocycles. The lowest BCUT2D eigenvalue weighted by molar-refractivity contribution is -0.121. The zero-order valence-corrected chi connectivity index (χ0v) is 11.8. The number of thiophene rings is 1. The summed E-state index contributed by atoms with van der Waals surface area (Å²) in [6.07, 6.45) is 0.720. The first-order valence-corrected chi connectivity index (χ1v) is 7.04. The maximum atomic E-state index is 11.9. The van der Waals surface area contributed by atoms with Gasteiger partial charge in [0.25, 0.3) is 5.91 Å². The van der Waals surface area contributed by atoms with E-state index in [9.17, 15) is 9.59 Å². The van der Waals surface area contributed by atoms with Gasteiger partial charge in [-0.1, -0.05) is 19.9 Å². The van der Waals surface area contributed by atoms with Crippen LogP contribution in [0, 0.1) is 0 Å². The van der Waals surface area contributed by atoms with Gasteiger partial charge in [0.1, 0.15) is 5.71 Å². The van der Waals surface area contributed by atoms with E-state index in [0.29, 0.717) is 25.1 Å². The van der Waals surface area contributed by atoms with Crippen molar-refractivity contribution in [3.63, 3.8) is 0 Å². The van der Waals surface area contributed by atoms with Crippen LogP contribution in [0.5, 0.6) is 0 Å². The molecule has 1 aromatic rings. The molecule has 2 heterocycles. The average molecular weight is 279 g/mol. The number of carbonyl (C=O) groups excluding carboxylic acids is 2. The van der Waals surface area contributed by atoms with Crippen LogP contribution >= 0.6 is 11.3 Å². The maximum Gasteiger partial charge on any atom is 0.267 e. The lowest BCUT2D eigenvalue weighted by Gasteiger charge is -2.24. The zero-order valence-electron chi connectivity index (χ0n) is 11.0. The Labute approximate surface area is 116 Å². The molecule has 1 aliphatic rings. The second-order valence-corrected chi connectivity index (χ2v) is 6.09. The second-order valence-electron chi connectivity index (χ2n) is 5.14. The van der Waals surface area contributed by atoms with Crippen LogP contribution < -0.4 is 10.7 Å². The van der Waals surface area contributed by atoms with E-state index in [4.69, 9.17) is 0 Å². The monoisotopic (exact) mass is 279 g/mol. The van der Waals surface area contributed by atoms with Crippen molar-refractivity contribution in [3.05, 3.63) is 22.4 Å². The van der Waals surface area contributed by atoms with E-state index in [1.807, 2.05) is 11.4 Å². The molecule has 2 N–H and O–H groups in total. The lowest BCUT2D eigenvalue weighted by Crippen LogP contribution is -2.42. The summed E-state index contributed by atoms with van der Waals surface area (Å²) in [7, 11) is 0. The van der Waals surface area contributed by atoms with Gasteiger partial charge in [0.2, 0.25) is 5.91 Å². The third-order valence-corrected chi connectivity index (χ3v) is 4.28. The highest BCUT2D eigenvalue weighted by Gasteiger charge is 2.24. The Balaban J connectivity index is 1.92. The summed E-state index contributed by atoms with van der Waals surface area (Å²) in [5.41, 5.74) is 2.61. The van der Waals surface area contributed by atoms with E-state index < -0.39 is 0 Å². The molecule has 102 valence electrons. The number of hydrazone groups is 1. The first-order valence-electron chi connectivity index (χ1n) is 6.16. The molecule has 0 saturated carbocycles. The van der Waals surface area contributed by atoms with Crippen LogP contribution in [0.3, 0.4) is 0 Å². The number of nitrogens with zero attached hydrogens (tertiary/aromatic N) is 1. The minimum Gasteiger partial charge on any atom is -0.350 e. The zero-order chi connectivity index (χ0) is 13.9. The van der Waals surface area contributed by atoms with E-state index in [2.05, 4.69) is 35.8 Å². The predicted octanol–water partition coefficient (Wildman–Crippen LogP) is 1.41. The molecule has 0 spiro atoms. The molecule has 0 radical (unpaired) electrons. The molecular formula is C13H17N3O2S. The van der Waals surface area contributed by atoms with E-state index >= 15 is 0 Å². The topological polar surface area (TPSA) is 70.6 Å². The first-order chi connectivity index (χ1) is 8.99. The van der Waals surface area contributed by atoms with Gasteiger partial charge in [-0.15, -0.1) is 11.3 Å². The largest absolute Gasteiger partial charge is 0.350 e. The normalized spacial score (nSPS) is 15.7. The van der Waals surface area contributed by atoms with E-state index in [0.717, 1.165) is 0 Å². The summed E-state index contributed by atoms with van der Waals surface area (Å²) in [6, 6.07) is 4.07. The van der Waals surface area contributed by atoms with Gasteiger partial charge in [0.15, 0.2) is 0 Å². The molecule has 0 aromatic carbocycles. The van der Waals surface area contributed by atoms with Crippen LogP contribution in [0.15, 0.2) is 22.6 Å². The summed E-state index contributed by atoms with van der Waals surface area (Å²) in [4.78, 5) is 24.1. The molecule has 0 unspecified atom stereocenters. The number of amides is 2. The molecule has 5 nitrogen and oxygen atoms in total. The number of hydrogen-bond donors (Lipinski definition) is 2. The summed E-state index contributed by atoms with van der Waals surface area (Å²) >= 11 is 1.68. The van der Waals surface area contributed by atoms with Crippen molar-refractivity contribution in [1.82, 2.24) is 10.7 Å². The van der Waals surface area contributed by atoms with Gasteiger partial charge < -0.3 is 5.32 Å². The molecule has 19 heavy (non-hydrogen) atoms. The van der Waals surface area contributed by atoms with Crippen molar-refractivity contribution >= 4 is 28.9 Å². The van der Waals surface area contributed by atoms with Crippen LogP contribution in [-0.4, -0.2) is 24.1 Å². The van der Waals surface area contributed by atoms with Gasteiger partial charge >= 0.3 is 0 Å². The molecule has 1 aliphatic heterocycles. The van der Waals surface area contributed by atoms with Gasteiger partial charge in [-0.25, -0.2) is 5.43 Å². The molecule has 0 saturated heterocycles. The van der Waals surface area contributed by atoms with Gasteiger partial charge in [0, 0.05) is 29.7 Å². The van der Waals surface area contributed by atoms with Crippen molar-refractivity contribution < 1.29 is 9.59 Å². The van der Waals surface area contributed by atoms with E-state index in [1.54, 1.807) is 11.3 Å². The fourth-order valence-electron chi connectivity index (χ4n) is 1.79. The number of hydrogen-bond acceptors (Lipinski definition) is 4. The average Bonchev–Trinajstić information content (AvgIpc) is 2.91.